The highest BCUT2D eigenvalue weighted by atomic mass is 79.9. The number of rotatable bonds is 4. The van der Waals surface area contributed by atoms with Crippen LogP contribution in [0.1, 0.15) is 18.4 Å². The van der Waals surface area contributed by atoms with E-state index in [0.29, 0.717) is 6.04 Å². The fourth-order valence-corrected chi connectivity index (χ4v) is 3.51. The number of halogens is 2. The van der Waals surface area contributed by atoms with E-state index in [1.165, 1.54) is 6.07 Å². The van der Waals surface area contributed by atoms with Gasteiger partial charge in [0, 0.05) is 36.3 Å². The minimum atomic E-state index is -0.179. The van der Waals surface area contributed by atoms with Gasteiger partial charge in [0.1, 0.15) is 11.6 Å². The Morgan fingerprint density at radius 2 is 2.04 bits per heavy atom. The van der Waals surface area contributed by atoms with Gasteiger partial charge in [0.25, 0.3) is 0 Å². The van der Waals surface area contributed by atoms with Gasteiger partial charge in [0.05, 0.1) is 0 Å². The van der Waals surface area contributed by atoms with Crippen LogP contribution in [0.2, 0.25) is 0 Å². The summed E-state index contributed by atoms with van der Waals surface area (Å²) < 4.78 is 14.4. The molecule has 3 rings (SSSR count). The van der Waals surface area contributed by atoms with Crippen LogP contribution >= 0.6 is 15.9 Å². The molecule has 0 saturated carbocycles. The lowest BCUT2D eigenvalue weighted by Crippen LogP contribution is -2.43. The Hall–Kier alpha value is -1.46. The summed E-state index contributed by atoms with van der Waals surface area (Å²) in [5.74, 6) is 0.878. The van der Waals surface area contributed by atoms with E-state index in [2.05, 4.69) is 43.8 Å². The summed E-state index contributed by atoms with van der Waals surface area (Å²) in [5.41, 5.74) is 1.000. The number of aromatic nitrogens is 1. The third-order valence-electron chi connectivity index (χ3n) is 4.49. The number of nitrogens with zero attached hydrogens (tertiary/aromatic N) is 3. The van der Waals surface area contributed by atoms with E-state index in [1.54, 1.807) is 12.1 Å². The minimum absolute atomic E-state index is 0.179. The Morgan fingerprint density at radius 1 is 1.26 bits per heavy atom. The Kier molecular flexibility index (Phi) is 5.28. The lowest BCUT2D eigenvalue weighted by Gasteiger charge is -2.37. The molecule has 0 bridgehead atoms. The molecule has 0 N–H and O–H groups in total. The average molecular weight is 378 g/mol. The number of benzene rings is 1. The van der Waals surface area contributed by atoms with Crippen molar-refractivity contribution in [1.29, 1.82) is 0 Å². The zero-order chi connectivity index (χ0) is 16.2. The van der Waals surface area contributed by atoms with Gasteiger partial charge in [-0.05, 0) is 55.8 Å². The van der Waals surface area contributed by atoms with Gasteiger partial charge in [-0.25, -0.2) is 9.37 Å². The second-order valence-electron chi connectivity index (χ2n) is 6.06. The van der Waals surface area contributed by atoms with Gasteiger partial charge >= 0.3 is 0 Å². The van der Waals surface area contributed by atoms with Crippen molar-refractivity contribution in [1.82, 2.24) is 9.88 Å². The van der Waals surface area contributed by atoms with E-state index in [9.17, 15) is 4.39 Å². The summed E-state index contributed by atoms with van der Waals surface area (Å²) >= 11 is 3.51. The van der Waals surface area contributed by atoms with Crippen molar-refractivity contribution in [3.05, 3.63) is 58.4 Å². The highest BCUT2D eigenvalue weighted by molar-refractivity contribution is 9.10. The molecule has 0 radical (unpaired) electrons. The van der Waals surface area contributed by atoms with Crippen molar-refractivity contribution >= 4 is 21.7 Å². The van der Waals surface area contributed by atoms with Gasteiger partial charge in [0.2, 0.25) is 0 Å². The lowest BCUT2D eigenvalue weighted by atomic mass is 10.0. The highest BCUT2D eigenvalue weighted by Gasteiger charge is 2.23. The molecule has 3 nitrogen and oxygen atoms in total. The Labute approximate surface area is 145 Å². The maximum atomic E-state index is 13.4. The Bertz CT molecular complexity index is 642. The first-order chi connectivity index (χ1) is 11.1. The topological polar surface area (TPSA) is 19.4 Å². The molecule has 1 fully saturated rings. The number of anilines is 1. The largest absolute Gasteiger partial charge is 0.357 e. The maximum Gasteiger partial charge on any atom is 0.128 e. The van der Waals surface area contributed by atoms with Crippen molar-refractivity contribution in [2.24, 2.45) is 0 Å². The van der Waals surface area contributed by atoms with Gasteiger partial charge in [-0.2, -0.15) is 0 Å². The second-order valence-corrected chi connectivity index (χ2v) is 6.91. The number of pyridine rings is 1. The van der Waals surface area contributed by atoms with Crippen molar-refractivity contribution in [2.45, 2.75) is 25.4 Å². The van der Waals surface area contributed by atoms with Crippen molar-refractivity contribution in [3.63, 3.8) is 0 Å². The van der Waals surface area contributed by atoms with Crippen LogP contribution in [-0.4, -0.2) is 36.1 Å². The molecule has 0 aliphatic carbocycles. The summed E-state index contributed by atoms with van der Waals surface area (Å²) in [6.45, 7) is 2.78. The van der Waals surface area contributed by atoms with E-state index >= 15 is 0 Å². The van der Waals surface area contributed by atoms with Crippen LogP contribution in [0.3, 0.4) is 0 Å². The van der Waals surface area contributed by atoms with Gasteiger partial charge in [-0.1, -0.05) is 22.0 Å². The van der Waals surface area contributed by atoms with Crippen molar-refractivity contribution in [3.8, 4) is 0 Å². The summed E-state index contributed by atoms with van der Waals surface area (Å²) in [6.07, 6.45) is 4.04. The second kappa shape index (κ2) is 7.41. The van der Waals surface area contributed by atoms with Crippen LogP contribution in [0, 0.1) is 5.82 Å². The number of hydrogen-bond acceptors (Lipinski definition) is 3. The van der Waals surface area contributed by atoms with Crippen LogP contribution in [-0.2, 0) is 6.54 Å². The van der Waals surface area contributed by atoms with Crippen LogP contribution in [0.5, 0.6) is 0 Å². The SMILES string of the molecule is CN(Cc1cc(F)ccc1Br)C1CCN(c2ccccn2)CC1. The Morgan fingerprint density at radius 3 is 2.74 bits per heavy atom. The fraction of sp³-hybridized carbons (Fsp3) is 0.389. The quantitative estimate of drug-likeness (QED) is 0.799. The summed E-state index contributed by atoms with van der Waals surface area (Å²) in [7, 11) is 2.12. The molecule has 0 atom stereocenters. The third-order valence-corrected chi connectivity index (χ3v) is 5.26. The zero-order valence-corrected chi connectivity index (χ0v) is 14.8. The maximum absolute atomic E-state index is 13.4. The van der Waals surface area contributed by atoms with E-state index in [0.717, 1.165) is 48.3 Å². The van der Waals surface area contributed by atoms with Crippen LogP contribution < -0.4 is 4.90 Å². The molecule has 1 aromatic carbocycles. The predicted molar refractivity (Wildman–Crippen MR) is 95.0 cm³/mol. The molecule has 0 amide bonds. The molecule has 1 aliphatic rings. The van der Waals surface area contributed by atoms with E-state index < -0.39 is 0 Å². The summed E-state index contributed by atoms with van der Waals surface area (Å²) in [6, 6.07) is 11.4. The molecular formula is C18H21BrFN3. The number of hydrogen-bond donors (Lipinski definition) is 0. The first-order valence-corrected chi connectivity index (χ1v) is 8.73. The molecule has 23 heavy (non-hydrogen) atoms. The van der Waals surface area contributed by atoms with Gasteiger partial charge in [0.15, 0.2) is 0 Å². The molecule has 1 aromatic heterocycles. The van der Waals surface area contributed by atoms with Crippen LogP contribution in [0.4, 0.5) is 10.2 Å². The van der Waals surface area contributed by atoms with E-state index in [1.807, 2.05) is 18.3 Å². The molecule has 1 aliphatic heterocycles. The zero-order valence-electron chi connectivity index (χ0n) is 13.3. The first-order valence-electron chi connectivity index (χ1n) is 7.93. The fourth-order valence-electron chi connectivity index (χ4n) is 3.14. The van der Waals surface area contributed by atoms with Crippen molar-refractivity contribution in [2.75, 3.05) is 25.0 Å². The molecule has 122 valence electrons. The smallest absolute Gasteiger partial charge is 0.128 e. The average Bonchev–Trinajstić information content (AvgIpc) is 2.59. The van der Waals surface area contributed by atoms with E-state index in [-0.39, 0.29) is 5.82 Å². The predicted octanol–water partition coefficient (Wildman–Crippen LogP) is 4.08. The highest BCUT2D eigenvalue weighted by Crippen LogP contribution is 2.24. The molecule has 0 spiro atoms. The van der Waals surface area contributed by atoms with Crippen molar-refractivity contribution < 1.29 is 4.39 Å². The first kappa shape index (κ1) is 16.4. The normalized spacial score (nSPS) is 16.1. The molecule has 1 saturated heterocycles. The number of piperidine rings is 1. The molecule has 2 aromatic rings. The molecule has 5 heteroatoms. The van der Waals surface area contributed by atoms with Gasteiger partial charge < -0.3 is 4.90 Å². The van der Waals surface area contributed by atoms with E-state index in [4.69, 9.17) is 0 Å². The van der Waals surface area contributed by atoms with Crippen LogP contribution in [0.15, 0.2) is 47.1 Å². The van der Waals surface area contributed by atoms with Crippen LogP contribution in [0.25, 0.3) is 0 Å². The standard InChI is InChI=1S/C18H21BrFN3/c1-22(13-14-12-15(20)5-6-17(14)19)16-7-10-23(11-8-16)18-4-2-3-9-21-18/h2-6,9,12,16H,7-8,10-11,13H2,1H3. The van der Waals surface area contributed by atoms with Gasteiger partial charge in [-0.15, -0.1) is 0 Å². The Balaban J connectivity index is 1.58. The molecular weight excluding hydrogens is 357 g/mol. The minimum Gasteiger partial charge on any atom is -0.357 e. The monoisotopic (exact) mass is 377 g/mol. The molecule has 2 heterocycles. The lowest BCUT2D eigenvalue weighted by molar-refractivity contribution is 0.199. The third kappa shape index (κ3) is 4.09. The molecule has 0 unspecified atom stereocenters. The summed E-state index contributed by atoms with van der Waals surface area (Å²) in [4.78, 5) is 9.09. The van der Waals surface area contributed by atoms with Gasteiger partial charge in [-0.3, -0.25) is 4.90 Å². The summed E-state index contributed by atoms with van der Waals surface area (Å²) in [5, 5.41) is 0.